The molecule has 18 heteroatoms. The third-order valence-corrected chi connectivity index (χ3v) is 8.94. The van der Waals surface area contributed by atoms with E-state index >= 15 is 0 Å². The van der Waals surface area contributed by atoms with Gasteiger partial charge in [-0.3, -0.25) is 9.69 Å². The predicted molar refractivity (Wildman–Crippen MR) is 227 cm³/mol. The first kappa shape index (κ1) is 52.7. The molecule has 1 N–H and O–H groups in total. The van der Waals surface area contributed by atoms with E-state index < -0.39 is 12.0 Å². The van der Waals surface area contributed by atoms with E-state index in [4.69, 9.17) is 61.6 Å². The summed E-state index contributed by atoms with van der Waals surface area (Å²) in [7, 11) is 1.64. The van der Waals surface area contributed by atoms with Crippen molar-refractivity contribution in [1.82, 2.24) is 10.2 Å². The molecule has 0 spiro atoms. The van der Waals surface area contributed by atoms with Crippen molar-refractivity contribution >= 4 is 18.3 Å². The van der Waals surface area contributed by atoms with Gasteiger partial charge in [-0.15, -0.1) is 0 Å². The van der Waals surface area contributed by atoms with Crippen LogP contribution in [0.2, 0.25) is 0 Å². The molecule has 62 heavy (non-hydrogen) atoms. The van der Waals surface area contributed by atoms with Crippen LogP contribution < -0.4 is 5.32 Å². The van der Waals surface area contributed by atoms with Gasteiger partial charge in [0, 0.05) is 19.6 Å². The summed E-state index contributed by atoms with van der Waals surface area (Å²) in [5.74, 6) is -0.555. The number of ether oxygens (including phenoxy) is 13. The number of benzene rings is 2. The Hall–Kier alpha value is -3.63. The summed E-state index contributed by atoms with van der Waals surface area (Å²) in [5, 5.41) is 2.70. The number of rotatable bonds is 42. The SMILES string of the molecule is COCCOCCOCCOCCOCCOCCOCCOCCOCCOCCOCCOCCNC(=O)CN(CC=O)C(=O)OCC1c2ccccc2-c2ccccc21. The van der Waals surface area contributed by atoms with E-state index in [1.54, 1.807) is 7.11 Å². The lowest BCUT2D eigenvalue weighted by Crippen LogP contribution is -2.43. The van der Waals surface area contributed by atoms with Gasteiger partial charge in [-0.05, 0) is 22.3 Å². The summed E-state index contributed by atoms with van der Waals surface area (Å²) in [6, 6.07) is 16.0. The minimum Gasteiger partial charge on any atom is -0.448 e. The number of hydrogen-bond acceptors (Lipinski definition) is 16. The van der Waals surface area contributed by atoms with Gasteiger partial charge in [0.05, 0.1) is 159 Å². The van der Waals surface area contributed by atoms with Crippen LogP contribution in [0, 0.1) is 0 Å². The molecule has 0 atom stereocenters. The fourth-order valence-electron chi connectivity index (χ4n) is 5.91. The molecule has 0 saturated carbocycles. The molecule has 0 fully saturated rings. The highest BCUT2D eigenvalue weighted by Gasteiger charge is 2.30. The normalized spacial score (nSPS) is 12.0. The highest BCUT2D eigenvalue weighted by atomic mass is 16.6. The Morgan fingerprint density at radius 3 is 1.21 bits per heavy atom. The summed E-state index contributed by atoms with van der Waals surface area (Å²) in [5.41, 5.74) is 4.37. The fraction of sp³-hybridized carbons (Fsp3) is 0.659. The quantitative estimate of drug-likeness (QED) is 0.0756. The van der Waals surface area contributed by atoms with Crippen molar-refractivity contribution in [2.24, 2.45) is 0 Å². The number of methoxy groups -OCH3 is 1. The van der Waals surface area contributed by atoms with Crippen LogP contribution in [0.4, 0.5) is 4.79 Å². The molecule has 0 aromatic heterocycles. The maximum absolute atomic E-state index is 12.9. The van der Waals surface area contributed by atoms with Crippen LogP contribution in [0.1, 0.15) is 17.0 Å². The second-order valence-electron chi connectivity index (χ2n) is 13.4. The first-order valence-corrected chi connectivity index (χ1v) is 21.3. The molecule has 0 heterocycles. The first-order valence-electron chi connectivity index (χ1n) is 21.3. The van der Waals surface area contributed by atoms with Gasteiger partial charge in [-0.1, -0.05) is 48.5 Å². The molecule has 0 bridgehead atoms. The number of carbonyl (C=O) groups excluding carboxylic acids is 3. The third-order valence-electron chi connectivity index (χ3n) is 8.94. The Balaban J connectivity index is 0.999. The molecule has 2 aromatic rings. The average Bonchev–Trinajstić information content (AvgIpc) is 3.61. The summed E-state index contributed by atoms with van der Waals surface area (Å²) in [6.45, 7) is 10.5. The van der Waals surface area contributed by atoms with Crippen molar-refractivity contribution in [3.63, 3.8) is 0 Å². The molecule has 3 rings (SSSR count). The zero-order valence-electron chi connectivity index (χ0n) is 36.3. The number of carbonyl (C=O) groups is 3. The standard InChI is InChI=1S/C44H68N2O16/c1-50-14-15-52-18-19-54-22-23-56-26-27-58-30-31-60-34-35-61-33-32-59-29-28-57-25-24-55-21-20-53-17-16-51-13-10-45-43(48)36-46(11-12-47)44(49)62-37-42-40-8-4-2-6-38(40)39-7-3-5-9-41(39)42/h2-9,12,42H,10-11,13-37H2,1H3,(H,45,48). The van der Waals surface area contributed by atoms with E-state index in [0.717, 1.165) is 27.2 Å². The summed E-state index contributed by atoms with van der Waals surface area (Å²) in [6.07, 6.45) is -0.162. The lowest BCUT2D eigenvalue weighted by atomic mass is 9.98. The van der Waals surface area contributed by atoms with Gasteiger partial charge in [0.15, 0.2) is 0 Å². The zero-order chi connectivity index (χ0) is 44.0. The lowest BCUT2D eigenvalue weighted by Gasteiger charge is -2.21. The maximum atomic E-state index is 12.9. The van der Waals surface area contributed by atoms with Crippen LogP contribution in [-0.2, 0) is 71.2 Å². The molecule has 0 radical (unpaired) electrons. The monoisotopic (exact) mass is 880 g/mol. The Bertz CT molecular complexity index is 1390. The third kappa shape index (κ3) is 24.3. The number of nitrogens with zero attached hydrogens (tertiary/aromatic N) is 1. The number of hydrogen-bond donors (Lipinski definition) is 1. The maximum Gasteiger partial charge on any atom is 0.410 e. The number of fused-ring (bicyclic) bond motifs is 3. The molecule has 1 aliphatic carbocycles. The molecule has 0 unspecified atom stereocenters. The number of nitrogens with one attached hydrogen (secondary N) is 1. The van der Waals surface area contributed by atoms with Gasteiger partial charge in [0.25, 0.3) is 0 Å². The second kappa shape index (κ2) is 36.8. The van der Waals surface area contributed by atoms with Gasteiger partial charge < -0.3 is 71.7 Å². The highest BCUT2D eigenvalue weighted by Crippen LogP contribution is 2.44. The molecule has 18 nitrogen and oxygen atoms in total. The van der Waals surface area contributed by atoms with E-state index in [2.05, 4.69) is 5.32 Å². The van der Waals surface area contributed by atoms with Crippen LogP contribution in [0.25, 0.3) is 11.1 Å². The largest absolute Gasteiger partial charge is 0.448 e. The van der Waals surface area contributed by atoms with Crippen LogP contribution in [-0.4, -0.2) is 208 Å². The van der Waals surface area contributed by atoms with Crippen molar-refractivity contribution in [2.45, 2.75) is 5.92 Å². The first-order chi connectivity index (χ1) is 30.7. The summed E-state index contributed by atoms with van der Waals surface area (Å²) < 4.78 is 70.6. The van der Waals surface area contributed by atoms with Crippen molar-refractivity contribution in [1.29, 1.82) is 0 Å². The predicted octanol–water partition coefficient (Wildman–Crippen LogP) is 2.38. The molecule has 0 saturated heterocycles. The smallest absolute Gasteiger partial charge is 0.410 e. The molecular formula is C44H68N2O16. The highest BCUT2D eigenvalue weighted by molar-refractivity contribution is 5.83. The minimum atomic E-state index is -0.728. The van der Waals surface area contributed by atoms with E-state index in [0.29, 0.717) is 152 Å². The van der Waals surface area contributed by atoms with Gasteiger partial charge in [0.1, 0.15) is 19.4 Å². The molecule has 2 amide bonds. The fourth-order valence-corrected chi connectivity index (χ4v) is 5.91. The van der Waals surface area contributed by atoms with E-state index in [9.17, 15) is 14.4 Å². The van der Waals surface area contributed by atoms with Crippen molar-refractivity contribution in [3.8, 4) is 11.1 Å². The lowest BCUT2D eigenvalue weighted by molar-refractivity contribution is -0.122. The zero-order valence-corrected chi connectivity index (χ0v) is 36.3. The molecule has 1 aliphatic rings. The molecular weight excluding hydrogens is 812 g/mol. The van der Waals surface area contributed by atoms with Gasteiger partial charge >= 0.3 is 6.09 Å². The number of amides is 2. The topological polar surface area (TPSA) is 186 Å². The molecule has 350 valence electrons. The minimum absolute atomic E-state index is 0.0937. The Labute approximate surface area is 365 Å². The molecule has 0 aliphatic heterocycles. The van der Waals surface area contributed by atoms with Crippen LogP contribution in [0.3, 0.4) is 0 Å². The second-order valence-corrected chi connectivity index (χ2v) is 13.4. The van der Waals surface area contributed by atoms with Crippen LogP contribution in [0.5, 0.6) is 0 Å². The van der Waals surface area contributed by atoms with Crippen LogP contribution >= 0.6 is 0 Å². The Kier molecular flexibility index (Phi) is 31.3. The molecule has 2 aromatic carbocycles. The van der Waals surface area contributed by atoms with Crippen molar-refractivity contribution < 1.29 is 76.0 Å². The van der Waals surface area contributed by atoms with E-state index in [1.807, 2.05) is 48.5 Å². The Morgan fingerprint density at radius 2 is 0.855 bits per heavy atom. The van der Waals surface area contributed by atoms with Gasteiger partial charge in [-0.2, -0.15) is 0 Å². The summed E-state index contributed by atoms with van der Waals surface area (Å²) >= 11 is 0. The Morgan fingerprint density at radius 1 is 0.516 bits per heavy atom. The number of aldehydes is 1. The van der Waals surface area contributed by atoms with Crippen LogP contribution in [0.15, 0.2) is 48.5 Å². The average molecular weight is 881 g/mol. The van der Waals surface area contributed by atoms with Gasteiger partial charge in [-0.25, -0.2) is 4.79 Å². The van der Waals surface area contributed by atoms with Crippen molar-refractivity contribution in [3.05, 3.63) is 59.7 Å². The van der Waals surface area contributed by atoms with E-state index in [1.165, 1.54) is 0 Å². The van der Waals surface area contributed by atoms with Gasteiger partial charge in [0.2, 0.25) is 5.91 Å². The van der Waals surface area contributed by atoms with Crippen molar-refractivity contribution in [2.75, 3.05) is 185 Å². The van der Waals surface area contributed by atoms with E-state index in [-0.39, 0.29) is 38.8 Å². The summed E-state index contributed by atoms with van der Waals surface area (Å²) in [4.78, 5) is 37.7.